The van der Waals surface area contributed by atoms with E-state index in [0.717, 1.165) is 51.4 Å². The highest BCUT2D eigenvalue weighted by Crippen LogP contribution is 2.43. The average Bonchev–Trinajstić information content (AvgIpc) is 3.17. The molecule has 3 N–H and O–H groups in total. The molecule has 0 aliphatic carbocycles. The molecule has 0 saturated heterocycles. The average molecular weight is 808 g/mol. The van der Waals surface area contributed by atoms with Crippen LogP contribution in [0.3, 0.4) is 0 Å². The highest BCUT2D eigenvalue weighted by atomic mass is 31.2. The van der Waals surface area contributed by atoms with Gasteiger partial charge in [-0.15, -0.1) is 0 Å². The summed E-state index contributed by atoms with van der Waals surface area (Å²) in [6.45, 7) is 4.25. The number of phosphoric acid groups is 1. The molecule has 0 aromatic carbocycles. The molecule has 0 fully saturated rings. The van der Waals surface area contributed by atoms with Gasteiger partial charge in [0.2, 0.25) is 0 Å². The Hall–Kier alpha value is -2.62. The number of unbranched alkanes of at least 4 members (excludes halogenated alkanes) is 15. The van der Waals surface area contributed by atoms with Crippen LogP contribution in [0.15, 0.2) is 60.8 Å². The molecule has 0 spiro atoms. The van der Waals surface area contributed by atoms with E-state index in [-0.39, 0.29) is 19.4 Å². The van der Waals surface area contributed by atoms with Crippen molar-refractivity contribution in [1.29, 1.82) is 0 Å². The molecule has 11 heteroatoms. The van der Waals surface area contributed by atoms with Gasteiger partial charge in [0.25, 0.3) is 0 Å². The Kier molecular flexibility index (Phi) is 37.4. The van der Waals surface area contributed by atoms with Crippen LogP contribution in [0, 0.1) is 0 Å². The molecular weight excluding hydrogens is 729 g/mol. The predicted octanol–water partition coefficient (Wildman–Crippen LogP) is 11.7. The SMILES string of the molecule is CCC/C=C\C/C=C\C/C=C\C/C=C\C/C=C\CCC(=O)OC(COC(=O)CCCCCCCCCCCCCCCCC)COP(=O)(O)OCC(N)C(C)=O. The molecular formula is C45H78NO9P. The van der Waals surface area contributed by atoms with E-state index in [0.29, 0.717) is 12.8 Å². The van der Waals surface area contributed by atoms with Crippen LogP contribution in [0.2, 0.25) is 0 Å². The third-order valence-electron chi connectivity index (χ3n) is 8.97. The fourth-order valence-electron chi connectivity index (χ4n) is 5.45. The summed E-state index contributed by atoms with van der Waals surface area (Å²) in [5.74, 6) is -1.42. The summed E-state index contributed by atoms with van der Waals surface area (Å²) in [6.07, 6.45) is 44.9. The predicted molar refractivity (Wildman–Crippen MR) is 229 cm³/mol. The lowest BCUT2D eigenvalue weighted by molar-refractivity contribution is -0.161. The van der Waals surface area contributed by atoms with E-state index in [4.69, 9.17) is 24.3 Å². The van der Waals surface area contributed by atoms with Crippen molar-refractivity contribution in [3.63, 3.8) is 0 Å². The second-order valence-electron chi connectivity index (χ2n) is 14.4. The lowest BCUT2D eigenvalue weighted by Gasteiger charge is -2.20. The third-order valence-corrected chi connectivity index (χ3v) is 9.92. The summed E-state index contributed by atoms with van der Waals surface area (Å²) in [5, 5.41) is 0. The number of carbonyl (C=O) groups is 3. The van der Waals surface area contributed by atoms with Crippen LogP contribution in [-0.2, 0) is 37.5 Å². The summed E-state index contributed by atoms with van der Waals surface area (Å²) in [5.41, 5.74) is 5.57. The zero-order valence-corrected chi connectivity index (χ0v) is 36.2. The number of allylic oxidation sites excluding steroid dienone is 10. The van der Waals surface area contributed by atoms with Crippen molar-refractivity contribution in [3.05, 3.63) is 60.8 Å². The lowest BCUT2D eigenvalue weighted by Crippen LogP contribution is -2.33. The van der Waals surface area contributed by atoms with Crippen LogP contribution in [0.25, 0.3) is 0 Å². The Morgan fingerprint density at radius 3 is 1.45 bits per heavy atom. The first-order valence-corrected chi connectivity index (χ1v) is 23.1. The molecule has 322 valence electrons. The summed E-state index contributed by atoms with van der Waals surface area (Å²) < 4.78 is 33.0. The van der Waals surface area contributed by atoms with Gasteiger partial charge in [0, 0.05) is 12.8 Å². The van der Waals surface area contributed by atoms with E-state index in [1.54, 1.807) is 0 Å². The van der Waals surface area contributed by atoms with Crippen molar-refractivity contribution < 1.29 is 42.4 Å². The van der Waals surface area contributed by atoms with Gasteiger partial charge in [-0.05, 0) is 51.9 Å². The summed E-state index contributed by atoms with van der Waals surface area (Å²) in [7, 11) is -4.62. The molecule has 0 aliphatic rings. The van der Waals surface area contributed by atoms with Gasteiger partial charge in [-0.25, -0.2) is 4.57 Å². The van der Waals surface area contributed by atoms with Crippen molar-refractivity contribution in [1.82, 2.24) is 0 Å². The quantitative estimate of drug-likeness (QED) is 0.0266. The van der Waals surface area contributed by atoms with Crippen LogP contribution in [0.4, 0.5) is 0 Å². The van der Waals surface area contributed by atoms with E-state index in [1.165, 1.54) is 84.0 Å². The standard InChI is InChI=1S/C45H78NO9P/c1-4-6-8-10-12-14-16-18-20-21-23-25-27-29-31-33-35-37-45(49)55-42(39-53-56(50,51)54-40-43(46)41(3)47)38-52-44(48)36-34-32-30-28-26-24-22-19-17-15-13-11-9-7-5-2/h8,10,14,16,20-21,25,27,31,33,42-43H,4-7,9,11-13,15,17-19,22-24,26,28-30,32,34-40,46H2,1-3H3,(H,50,51)/b10-8-,16-14-,21-20-,27-25-,33-31-. The maximum Gasteiger partial charge on any atom is 0.472 e. The van der Waals surface area contributed by atoms with Gasteiger partial charge in [-0.3, -0.25) is 23.4 Å². The monoisotopic (exact) mass is 808 g/mol. The first kappa shape index (κ1) is 53.4. The number of carbonyl (C=O) groups excluding carboxylic acids is 3. The van der Waals surface area contributed by atoms with E-state index in [9.17, 15) is 23.8 Å². The number of ketones is 1. The first-order chi connectivity index (χ1) is 27.1. The Morgan fingerprint density at radius 1 is 0.554 bits per heavy atom. The molecule has 0 bridgehead atoms. The molecule has 10 nitrogen and oxygen atoms in total. The number of rotatable bonds is 39. The van der Waals surface area contributed by atoms with Crippen LogP contribution in [0.1, 0.15) is 175 Å². The topological polar surface area (TPSA) is 151 Å². The molecule has 3 unspecified atom stereocenters. The van der Waals surface area contributed by atoms with Crippen LogP contribution in [-0.4, -0.2) is 54.6 Å². The fraction of sp³-hybridized carbons (Fsp3) is 0.711. The molecule has 0 aliphatic heterocycles. The van der Waals surface area contributed by atoms with Gasteiger partial charge in [0.15, 0.2) is 6.10 Å². The van der Waals surface area contributed by atoms with Gasteiger partial charge >= 0.3 is 19.8 Å². The van der Waals surface area contributed by atoms with Crippen LogP contribution < -0.4 is 5.73 Å². The minimum absolute atomic E-state index is 0.0647. The number of esters is 2. The van der Waals surface area contributed by atoms with E-state index in [2.05, 4.69) is 62.5 Å². The lowest BCUT2D eigenvalue weighted by atomic mass is 10.0. The largest absolute Gasteiger partial charge is 0.472 e. The van der Waals surface area contributed by atoms with Gasteiger partial charge in [-0.1, -0.05) is 171 Å². The number of hydrogen-bond donors (Lipinski definition) is 2. The van der Waals surface area contributed by atoms with E-state index >= 15 is 0 Å². The number of Topliss-reactive ketones (excluding diaryl/α,β-unsaturated/α-hetero) is 1. The van der Waals surface area contributed by atoms with Crippen molar-refractivity contribution in [2.24, 2.45) is 5.73 Å². The Balaban J connectivity index is 4.50. The number of ether oxygens (including phenoxy) is 2. The fourth-order valence-corrected chi connectivity index (χ4v) is 6.23. The van der Waals surface area contributed by atoms with Crippen molar-refractivity contribution in [2.75, 3.05) is 19.8 Å². The maximum atomic E-state index is 12.6. The van der Waals surface area contributed by atoms with Gasteiger partial charge in [0.05, 0.1) is 19.3 Å². The van der Waals surface area contributed by atoms with Crippen molar-refractivity contribution in [2.45, 2.75) is 187 Å². The summed E-state index contributed by atoms with van der Waals surface area (Å²) >= 11 is 0. The number of hydrogen-bond acceptors (Lipinski definition) is 9. The summed E-state index contributed by atoms with van der Waals surface area (Å²) in [6, 6.07) is -1.09. The minimum atomic E-state index is -4.62. The molecule has 0 aromatic rings. The zero-order chi connectivity index (χ0) is 41.4. The van der Waals surface area contributed by atoms with E-state index < -0.39 is 50.9 Å². The second kappa shape index (κ2) is 39.2. The third kappa shape index (κ3) is 38.3. The summed E-state index contributed by atoms with van der Waals surface area (Å²) in [4.78, 5) is 46.5. The molecule has 0 saturated carbocycles. The maximum absolute atomic E-state index is 12.6. The molecule has 0 heterocycles. The number of phosphoric ester groups is 1. The number of nitrogens with two attached hydrogens (primary N) is 1. The Morgan fingerprint density at radius 2 is 0.982 bits per heavy atom. The van der Waals surface area contributed by atoms with Crippen LogP contribution in [0.5, 0.6) is 0 Å². The minimum Gasteiger partial charge on any atom is -0.462 e. The molecule has 0 amide bonds. The van der Waals surface area contributed by atoms with Crippen molar-refractivity contribution in [3.8, 4) is 0 Å². The molecule has 0 aromatic heterocycles. The van der Waals surface area contributed by atoms with E-state index in [1.807, 2.05) is 12.2 Å². The normalized spacial score (nSPS) is 14.4. The van der Waals surface area contributed by atoms with Gasteiger partial charge in [0.1, 0.15) is 12.4 Å². The van der Waals surface area contributed by atoms with Crippen LogP contribution >= 0.6 is 7.82 Å². The molecule has 3 atom stereocenters. The highest BCUT2D eigenvalue weighted by Gasteiger charge is 2.27. The van der Waals surface area contributed by atoms with Crippen molar-refractivity contribution >= 4 is 25.5 Å². The highest BCUT2D eigenvalue weighted by molar-refractivity contribution is 7.47. The second-order valence-corrected chi connectivity index (χ2v) is 15.9. The Labute approximate surface area is 340 Å². The zero-order valence-electron chi connectivity index (χ0n) is 35.3. The van der Waals surface area contributed by atoms with Gasteiger partial charge < -0.3 is 20.1 Å². The van der Waals surface area contributed by atoms with Gasteiger partial charge in [-0.2, -0.15) is 0 Å². The molecule has 56 heavy (non-hydrogen) atoms. The molecule has 0 radical (unpaired) electrons. The first-order valence-electron chi connectivity index (χ1n) is 21.6. The Bertz CT molecular complexity index is 1180. The molecule has 0 rings (SSSR count). The smallest absolute Gasteiger partial charge is 0.462 e.